The Morgan fingerprint density at radius 3 is 2.43 bits per heavy atom. The van der Waals surface area contributed by atoms with E-state index in [0.29, 0.717) is 35.3 Å². The van der Waals surface area contributed by atoms with Crippen LogP contribution >= 0.6 is 0 Å². The third-order valence-corrected chi connectivity index (χ3v) is 10.0. The molecule has 2 saturated carbocycles. The van der Waals surface area contributed by atoms with Gasteiger partial charge in [0.1, 0.15) is 11.9 Å². The van der Waals surface area contributed by atoms with Gasteiger partial charge in [-0.1, -0.05) is 37.6 Å². The summed E-state index contributed by atoms with van der Waals surface area (Å²) in [6.07, 6.45) is 2.90. The molecular formula is C28H31NO6. The number of hydrogen-bond acceptors (Lipinski definition) is 6. The molecule has 1 spiro atoms. The summed E-state index contributed by atoms with van der Waals surface area (Å²) < 4.78 is 17.9. The fourth-order valence-corrected chi connectivity index (χ4v) is 8.81. The Hall–Kier alpha value is -2.93. The number of hydrogen-bond donors (Lipinski definition) is 0. The van der Waals surface area contributed by atoms with Crippen molar-refractivity contribution in [2.24, 2.45) is 28.1 Å². The first-order valence-electron chi connectivity index (χ1n) is 12.2. The Morgan fingerprint density at radius 1 is 1.11 bits per heavy atom. The van der Waals surface area contributed by atoms with E-state index in [1.807, 2.05) is 12.1 Å². The van der Waals surface area contributed by atoms with Crippen LogP contribution in [0.15, 0.2) is 45.1 Å². The quantitative estimate of drug-likeness (QED) is 0.322. The molecule has 7 nitrogen and oxygen atoms in total. The molecule has 0 N–H and O–H groups in total. The Kier molecular flexibility index (Phi) is 4.41. The van der Waals surface area contributed by atoms with Crippen LogP contribution in [0.4, 0.5) is 5.69 Å². The van der Waals surface area contributed by atoms with Gasteiger partial charge in [0.2, 0.25) is 0 Å². The second-order valence-electron chi connectivity index (χ2n) is 11.5. The third kappa shape index (κ3) is 2.52. The molecule has 4 aliphatic carbocycles. The summed E-state index contributed by atoms with van der Waals surface area (Å²) in [4.78, 5) is 23.7. The van der Waals surface area contributed by atoms with E-state index in [4.69, 9.17) is 13.9 Å². The number of methoxy groups -OCH3 is 1. The van der Waals surface area contributed by atoms with Crippen LogP contribution in [-0.2, 0) is 4.74 Å². The summed E-state index contributed by atoms with van der Waals surface area (Å²) in [5.41, 5.74) is 3.47. The number of ether oxygens (including phenoxy) is 2. The van der Waals surface area contributed by atoms with Crippen molar-refractivity contribution < 1.29 is 18.8 Å². The monoisotopic (exact) mass is 477 g/mol. The molecule has 2 aromatic rings. The van der Waals surface area contributed by atoms with Gasteiger partial charge in [-0.15, -0.1) is 0 Å². The largest absolute Gasteiger partial charge is 0.468 e. The van der Waals surface area contributed by atoms with Crippen molar-refractivity contribution in [1.29, 1.82) is 0 Å². The zero-order valence-electron chi connectivity index (χ0n) is 21.0. The van der Waals surface area contributed by atoms with Gasteiger partial charge in [-0.2, -0.15) is 0 Å². The van der Waals surface area contributed by atoms with Crippen LogP contribution < -0.4 is 10.2 Å². The SMILES string of the molecule is COc1oc([C@@H]2CC3(CO2)C2C4C(C)=CC3(C)[C@@H](c3ccc([N+](=O)[O-])cc3)C42C)c(C)c(=O)c1C. The molecule has 1 aliphatic heterocycles. The minimum absolute atomic E-state index is 0.0671. The predicted octanol–water partition coefficient (Wildman–Crippen LogP) is 5.64. The number of benzene rings is 1. The van der Waals surface area contributed by atoms with Crippen molar-refractivity contribution in [3.05, 3.63) is 78.7 Å². The van der Waals surface area contributed by atoms with Gasteiger partial charge < -0.3 is 13.9 Å². The topological polar surface area (TPSA) is 91.8 Å². The first-order chi connectivity index (χ1) is 16.5. The zero-order valence-corrected chi connectivity index (χ0v) is 21.0. The Bertz CT molecular complexity index is 1360. The summed E-state index contributed by atoms with van der Waals surface area (Å²) >= 11 is 0. The van der Waals surface area contributed by atoms with Crippen molar-refractivity contribution >= 4 is 5.69 Å². The molecule has 184 valence electrons. The standard InChI is InChI=1S/C28H31NO6/c1-14-11-26(4)23(17-7-9-18(10-8-17)29(31)32)27(5)20(14)24(27)28(26)12-19(34-13-28)22-15(2)21(30)16(3)25(33-6)35-22/h7-11,19-20,23-24H,12-13H2,1-6H3/t19-,20?,23+,24?,26?,27?,28?/m0/s1. The van der Waals surface area contributed by atoms with Gasteiger partial charge >= 0.3 is 0 Å². The van der Waals surface area contributed by atoms with Crippen molar-refractivity contribution in [1.82, 2.24) is 0 Å². The summed E-state index contributed by atoms with van der Waals surface area (Å²) in [6.45, 7) is 11.1. The zero-order chi connectivity index (χ0) is 25.1. The summed E-state index contributed by atoms with van der Waals surface area (Å²) in [5.74, 6) is 1.96. The minimum Gasteiger partial charge on any atom is -0.468 e. The Balaban J connectivity index is 1.43. The number of allylic oxidation sites excluding steroid dienone is 2. The Labute approximate surface area is 204 Å². The molecule has 0 radical (unpaired) electrons. The van der Waals surface area contributed by atoms with Crippen molar-refractivity contribution in [2.45, 2.75) is 53.1 Å². The van der Waals surface area contributed by atoms with Gasteiger partial charge in [0.25, 0.3) is 11.6 Å². The maximum absolute atomic E-state index is 12.9. The molecule has 4 bridgehead atoms. The normalized spacial score (nSPS) is 38.5. The lowest BCUT2D eigenvalue weighted by molar-refractivity contribution is -0.384. The fraction of sp³-hybridized carbons (Fsp3) is 0.536. The lowest BCUT2D eigenvalue weighted by Crippen LogP contribution is -2.45. The van der Waals surface area contributed by atoms with Crippen molar-refractivity contribution in [3.8, 4) is 5.95 Å². The van der Waals surface area contributed by atoms with Gasteiger partial charge in [-0.25, -0.2) is 0 Å². The molecule has 5 aliphatic rings. The highest BCUT2D eigenvalue weighted by Gasteiger charge is 2.86. The van der Waals surface area contributed by atoms with Crippen molar-refractivity contribution in [3.63, 3.8) is 0 Å². The molecule has 5 unspecified atom stereocenters. The van der Waals surface area contributed by atoms with Crippen LogP contribution in [0.2, 0.25) is 0 Å². The van der Waals surface area contributed by atoms with Gasteiger partial charge in [0.05, 0.1) is 24.2 Å². The lowest BCUT2D eigenvalue weighted by Gasteiger charge is -2.50. The van der Waals surface area contributed by atoms with Crippen LogP contribution in [0.1, 0.15) is 61.7 Å². The van der Waals surface area contributed by atoms with Gasteiger partial charge in [0, 0.05) is 28.5 Å². The number of nitrogens with zero attached hydrogens (tertiary/aromatic N) is 1. The van der Waals surface area contributed by atoms with E-state index < -0.39 is 0 Å². The first kappa shape index (κ1) is 22.5. The minimum atomic E-state index is -0.346. The third-order valence-electron chi connectivity index (χ3n) is 10.0. The van der Waals surface area contributed by atoms with E-state index in [-0.39, 0.29) is 50.3 Å². The molecule has 35 heavy (non-hydrogen) atoms. The van der Waals surface area contributed by atoms with E-state index in [1.165, 1.54) is 12.7 Å². The molecule has 7 rings (SSSR count). The van der Waals surface area contributed by atoms with Gasteiger partial charge in [0.15, 0.2) is 5.43 Å². The number of rotatable bonds is 4. The van der Waals surface area contributed by atoms with Crippen LogP contribution in [0.5, 0.6) is 5.95 Å². The van der Waals surface area contributed by atoms with E-state index in [1.54, 1.807) is 26.0 Å². The molecule has 1 saturated heterocycles. The maximum atomic E-state index is 12.9. The molecule has 7 heteroatoms. The van der Waals surface area contributed by atoms with Crippen LogP contribution in [0, 0.1) is 52.0 Å². The van der Waals surface area contributed by atoms with E-state index >= 15 is 0 Å². The predicted molar refractivity (Wildman–Crippen MR) is 130 cm³/mol. The van der Waals surface area contributed by atoms with E-state index in [2.05, 4.69) is 26.8 Å². The second kappa shape index (κ2) is 6.84. The molecule has 2 heterocycles. The maximum Gasteiger partial charge on any atom is 0.291 e. The van der Waals surface area contributed by atoms with Crippen LogP contribution in [-0.4, -0.2) is 18.6 Å². The number of non-ortho nitro benzene ring substituents is 1. The van der Waals surface area contributed by atoms with Gasteiger partial charge in [-0.05, 0) is 55.9 Å². The van der Waals surface area contributed by atoms with Crippen LogP contribution in [0.3, 0.4) is 0 Å². The average molecular weight is 478 g/mol. The lowest BCUT2D eigenvalue weighted by atomic mass is 9.52. The highest BCUT2D eigenvalue weighted by molar-refractivity contribution is 5.52. The molecule has 0 amide bonds. The first-order valence-corrected chi connectivity index (χ1v) is 12.2. The Morgan fingerprint density at radius 2 is 1.80 bits per heavy atom. The number of nitro groups is 1. The summed E-state index contributed by atoms with van der Waals surface area (Å²) in [5, 5.41) is 11.2. The number of nitro benzene ring substituents is 1. The highest BCUT2D eigenvalue weighted by Crippen LogP contribution is 2.91. The fourth-order valence-electron chi connectivity index (χ4n) is 8.81. The summed E-state index contributed by atoms with van der Waals surface area (Å²) in [7, 11) is 1.51. The highest BCUT2D eigenvalue weighted by atomic mass is 16.6. The molecular weight excluding hydrogens is 446 g/mol. The van der Waals surface area contributed by atoms with E-state index in [0.717, 1.165) is 12.0 Å². The molecule has 3 fully saturated rings. The van der Waals surface area contributed by atoms with Crippen molar-refractivity contribution in [2.75, 3.05) is 13.7 Å². The second-order valence-corrected chi connectivity index (χ2v) is 11.5. The summed E-state index contributed by atoms with van der Waals surface area (Å²) in [6, 6.07) is 7.12. The molecule has 1 aromatic heterocycles. The van der Waals surface area contributed by atoms with E-state index in [9.17, 15) is 14.9 Å². The molecule has 1 aromatic carbocycles. The van der Waals surface area contributed by atoms with Gasteiger partial charge in [-0.3, -0.25) is 14.9 Å². The average Bonchev–Trinajstić information content (AvgIpc) is 3.18. The smallest absolute Gasteiger partial charge is 0.291 e. The molecule has 7 atom stereocenters. The van der Waals surface area contributed by atoms with Crippen LogP contribution in [0.25, 0.3) is 0 Å².